The van der Waals surface area contributed by atoms with Crippen LogP contribution in [0.2, 0.25) is 0 Å². The van der Waals surface area contributed by atoms with Crippen molar-refractivity contribution in [1.82, 2.24) is 9.97 Å². The number of aromatic nitrogens is 2. The first-order chi connectivity index (χ1) is 9.24. The summed E-state index contributed by atoms with van der Waals surface area (Å²) in [5.74, 6) is 1.30. The lowest BCUT2D eigenvalue weighted by atomic mass is 10.1. The third-order valence-corrected chi connectivity index (χ3v) is 2.89. The van der Waals surface area contributed by atoms with Gasteiger partial charge in [0.1, 0.15) is 11.6 Å². The van der Waals surface area contributed by atoms with E-state index in [-0.39, 0.29) is 5.91 Å². The highest BCUT2D eigenvalue weighted by molar-refractivity contribution is 5.99. The standard InChI is InChI=1S/C13H13N5O/c14-7-12-15-4-3-11(18-12)16-9-1-2-10-8(5-9)6-13(19)17-10/h1-5H,6-7,14H2,(H,17,19)(H,15,16,18). The normalized spacial score (nSPS) is 13.0. The van der Waals surface area contributed by atoms with E-state index in [1.54, 1.807) is 12.3 Å². The number of benzene rings is 1. The maximum absolute atomic E-state index is 11.3. The summed E-state index contributed by atoms with van der Waals surface area (Å²) in [5.41, 5.74) is 8.25. The van der Waals surface area contributed by atoms with E-state index in [0.29, 0.717) is 24.6 Å². The molecule has 0 fully saturated rings. The molecule has 1 aromatic heterocycles. The fraction of sp³-hybridized carbons (Fsp3) is 0.154. The highest BCUT2D eigenvalue weighted by Crippen LogP contribution is 2.27. The van der Waals surface area contributed by atoms with Crippen LogP contribution in [0, 0.1) is 0 Å². The summed E-state index contributed by atoms with van der Waals surface area (Å²) < 4.78 is 0. The zero-order chi connectivity index (χ0) is 13.2. The largest absolute Gasteiger partial charge is 0.340 e. The van der Waals surface area contributed by atoms with E-state index in [9.17, 15) is 4.79 Å². The van der Waals surface area contributed by atoms with Crippen molar-refractivity contribution in [3.63, 3.8) is 0 Å². The smallest absolute Gasteiger partial charge is 0.228 e. The average molecular weight is 255 g/mol. The first kappa shape index (κ1) is 11.6. The number of nitrogens with one attached hydrogen (secondary N) is 2. The lowest BCUT2D eigenvalue weighted by Gasteiger charge is -2.07. The molecule has 0 saturated heterocycles. The van der Waals surface area contributed by atoms with Crippen molar-refractivity contribution in [2.24, 2.45) is 5.73 Å². The summed E-state index contributed by atoms with van der Waals surface area (Å²) in [5, 5.41) is 5.98. The predicted molar refractivity (Wildman–Crippen MR) is 72.0 cm³/mol. The molecular formula is C13H13N5O. The molecule has 2 heterocycles. The minimum atomic E-state index is 0.0274. The van der Waals surface area contributed by atoms with Gasteiger partial charge in [-0.15, -0.1) is 0 Å². The highest BCUT2D eigenvalue weighted by Gasteiger charge is 2.17. The number of nitrogens with two attached hydrogens (primary N) is 1. The van der Waals surface area contributed by atoms with E-state index >= 15 is 0 Å². The summed E-state index contributed by atoms with van der Waals surface area (Å²) in [6.07, 6.45) is 2.08. The summed E-state index contributed by atoms with van der Waals surface area (Å²) in [6.45, 7) is 0.304. The minimum Gasteiger partial charge on any atom is -0.340 e. The Bertz CT molecular complexity index is 641. The minimum absolute atomic E-state index is 0.0274. The van der Waals surface area contributed by atoms with Crippen LogP contribution in [0.25, 0.3) is 0 Å². The number of anilines is 3. The number of amides is 1. The van der Waals surface area contributed by atoms with E-state index in [2.05, 4.69) is 20.6 Å². The molecule has 4 N–H and O–H groups in total. The second-order valence-electron chi connectivity index (χ2n) is 4.28. The molecule has 6 heteroatoms. The Balaban J connectivity index is 1.84. The maximum Gasteiger partial charge on any atom is 0.228 e. The van der Waals surface area contributed by atoms with Gasteiger partial charge in [-0.1, -0.05) is 0 Å². The quantitative estimate of drug-likeness (QED) is 0.765. The first-order valence-corrected chi connectivity index (χ1v) is 5.96. The van der Waals surface area contributed by atoms with Gasteiger partial charge < -0.3 is 16.4 Å². The third-order valence-electron chi connectivity index (χ3n) is 2.89. The number of carbonyl (C=O) groups excluding carboxylic acids is 1. The van der Waals surface area contributed by atoms with Gasteiger partial charge in [0.2, 0.25) is 5.91 Å². The van der Waals surface area contributed by atoms with Gasteiger partial charge in [-0.2, -0.15) is 0 Å². The van der Waals surface area contributed by atoms with Crippen LogP contribution in [-0.4, -0.2) is 15.9 Å². The van der Waals surface area contributed by atoms with Crippen LogP contribution in [0.4, 0.5) is 17.2 Å². The van der Waals surface area contributed by atoms with Gasteiger partial charge in [0.15, 0.2) is 0 Å². The van der Waals surface area contributed by atoms with E-state index in [0.717, 1.165) is 16.9 Å². The molecule has 0 radical (unpaired) electrons. The SMILES string of the molecule is NCc1nccc(Nc2ccc3c(c2)CC(=O)N3)n1. The number of rotatable bonds is 3. The zero-order valence-corrected chi connectivity index (χ0v) is 10.2. The molecule has 1 aliphatic rings. The van der Waals surface area contributed by atoms with Crippen LogP contribution in [0.1, 0.15) is 11.4 Å². The molecule has 2 aromatic rings. The summed E-state index contributed by atoms with van der Waals surface area (Å²) in [7, 11) is 0. The Morgan fingerprint density at radius 2 is 2.26 bits per heavy atom. The summed E-state index contributed by atoms with van der Waals surface area (Å²) in [6, 6.07) is 7.50. The number of carbonyl (C=O) groups is 1. The average Bonchev–Trinajstić information content (AvgIpc) is 2.78. The van der Waals surface area contributed by atoms with Crippen molar-refractivity contribution in [1.29, 1.82) is 0 Å². The van der Waals surface area contributed by atoms with Crippen molar-refractivity contribution in [2.75, 3.05) is 10.6 Å². The molecule has 0 bridgehead atoms. The third kappa shape index (κ3) is 2.38. The highest BCUT2D eigenvalue weighted by atomic mass is 16.1. The van der Waals surface area contributed by atoms with Gasteiger partial charge in [0, 0.05) is 17.6 Å². The van der Waals surface area contributed by atoms with Gasteiger partial charge >= 0.3 is 0 Å². The van der Waals surface area contributed by atoms with E-state index in [1.807, 2.05) is 18.2 Å². The van der Waals surface area contributed by atoms with Crippen LogP contribution in [0.3, 0.4) is 0 Å². The van der Waals surface area contributed by atoms with Crippen LogP contribution in [0.15, 0.2) is 30.5 Å². The van der Waals surface area contributed by atoms with Crippen molar-refractivity contribution in [3.05, 3.63) is 41.9 Å². The molecule has 0 unspecified atom stereocenters. The molecule has 1 aliphatic heterocycles. The number of hydrogen-bond donors (Lipinski definition) is 3. The molecule has 0 aliphatic carbocycles. The van der Waals surface area contributed by atoms with E-state index < -0.39 is 0 Å². The van der Waals surface area contributed by atoms with Crippen molar-refractivity contribution in [3.8, 4) is 0 Å². The van der Waals surface area contributed by atoms with Gasteiger partial charge in [-0.05, 0) is 29.8 Å². The molecule has 3 rings (SSSR count). The topological polar surface area (TPSA) is 92.9 Å². The monoisotopic (exact) mass is 255 g/mol. The second kappa shape index (κ2) is 4.66. The summed E-state index contributed by atoms with van der Waals surface area (Å²) in [4.78, 5) is 19.6. The van der Waals surface area contributed by atoms with Crippen molar-refractivity contribution in [2.45, 2.75) is 13.0 Å². The summed E-state index contributed by atoms with van der Waals surface area (Å²) >= 11 is 0. The maximum atomic E-state index is 11.3. The van der Waals surface area contributed by atoms with Crippen molar-refractivity contribution >= 4 is 23.1 Å². The number of hydrogen-bond acceptors (Lipinski definition) is 5. The molecule has 96 valence electrons. The van der Waals surface area contributed by atoms with Gasteiger partial charge in [-0.25, -0.2) is 9.97 Å². The Morgan fingerprint density at radius 1 is 1.37 bits per heavy atom. The second-order valence-corrected chi connectivity index (χ2v) is 4.28. The Kier molecular flexibility index (Phi) is 2.85. The fourth-order valence-corrected chi connectivity index (χ4v) is 2.02. The van der Waals surface area contributed by atoms with Crippen molar-refractivity contribution < 1.29 is 4.79 Å². The molecule has 6 nitrogen and oxygen atoms in total. The van der Waals surface area contributed by atoms with Gasteiger partial charge in [-0.3, -0.25) is 4.79 Å². The van der Waals surface area contributed by atoms with Gasteiger partial charge in [0.05, 0.1) is 13.0 Å². The number of fused-ring (bicyclic) bond motifs is 1. The molecule has 1 amide bonds. The first-order valence-electron chi connectivity index (χ1n) is 5.96. The van der Waals surface area contributed by atoms with Crippen LogP contribution in [0.5, 0.6) is 0 Å². The lowest BCUT2D eigenvalue weighted by molar-refractivity contribution is -0.115. The molecular weight excluding hydrogens is 242 g/mol. The molecule has 0 saturated carbocycles. The van der Waals surface area contributed by atoms with Crippen LogP contribution in [-0.2, 0) is 17.8 Å². The Hall–Kier alpha value is -2.47. The number of nitrogens with zero attached hydrogens (tertiary/aromatic N) is 2. The molecule has 0 spiro atoms. The lowest BCUT2D eigenvalue weighted by Crippen LogP contribution is -2.04. The van der Waals surface area contributed by atoms with Crippen LogP contribution >= 0.6 is 0 Å². The predicted octanol–water partition coefficient (Wildman–Crippen LogP) is 1.17. The zero-order valence-electron chi connectivity index (χ0n) is 10.2. The van der Waals surface area contributed by atoms with E-state index in [4.69, 9.17) is 5.73 Å². The molecule has 0 atom stereocenters. The van der Waals surface area contributed by atoms with E-state index in [1.165, 1.54) is 0 Å². The molecule has 19 heavy (non-hydrogen) atoms. The Labute approximate surface area is 110 Å². The fourth-order valence-electron chi connectivity index (χ4n) is 2.02. The molecule has 1 aromatic carbocycles. The van der Waals surface area contributed by atoms with Crippen LogP contribution < -0.4 is 16.4 Å². The van der Waals surface area contributed by atoms with Gasteiger partial charge in [0.25, 0.3) is 0 Å². The Morgan fingerprint density at radius 3 is 3.11 bits per heavy atom.